The fourth-order valence-electron chi connectivity index (χ4n) is 2.75. The van der Waals surface area contributed by atoms with Crippen LogP contribution in [0.25, 0.3) is 11.1 Å². The van der Waals surface area contributed by atoms with Crippen LogP contribution >= 0.6 is 11.3 Å². The van der Waals surface area contributed by atoms with E-state index < -0.39 is 40.6 Å². The summed E-state index contributed by atoms with van der Waals surface area (Å²) in [6, 6.07) is 7.01. The average Bonchev–Trinajstić information content (AvgIpc) is 3.14. The van der Waals surface area contributed by atoms with Gasteiger partial charge in [-0.3, -0.25) is 4.79 Å². The molecular formula is C20H14F3NO5S. The van der Waals surface area contributed by atoms with E-state index in [0.29, 0.717) is 22.9 Å². The number of hydrogen-bond acceptors (Lipinski definition) is 5. The first kappa shape index (κ1) is 21.2. The summed E-state index contributed by atoms with van der Waals surface area (Å²) in [7, 11) is 2.44. The molecule has 2 N–H and O–H groups in total. The lowest BCUT2D eigenvalue weighted by Gasteiger charge is -2.10. The van der Waals surface area contributed by atoms with Gasteiger partial charge in [-0.25, -0.2) is 13.6 Å². The standard InChI is InChI=1S/C20H14F3NO5S/c1-28-10-5-3-9(4-6-10)12-8-30-19(14(12)20(26)27)24-18(25)11-7-13(21)17(29-2)16(23)15(11)22/h3-8H,1-2H3,(H,24,25)(H,26,27). The molecule has 6 nitrogen and oxygen atoms in total. The number of nitrogens with one attached hydrogen (secondary N) is 1. The topological polar surface area (TPSA) is 84.9 Å². The van der Waals surface area contributed by atoms with Crippen LogP contribution in [0.4, 0.5) is 18.2 Å². The summed E-state index contributed by atoms with van der Waals surface area (Å²) in [5.41, 5.74) is -0.328. The summed E-state index contributed by atoms with van der Waals surface area (Å²) < 4.78 is 51.4. The molecule has 0 saturated heterocycles. The molecule has 0 spiro atoms. The van der Waals surface area contributed by atoms with Crippen molar-refractivity contribution >= 4 is 28.2 Å². The molecule has 0 aliphatic rings. The number of aromatic carboxylic acids is 1. The highest BCUT2D eigenvalue weighted by molar-refractivity contribution is 7.15. The number of carboxylic acid groups (broad SMARTS) is 1. The molecule has 0 aliphatic carbocycles. The zero-order chi connectivity index (χ0) is 22.0. The Morgan fingerprint density at radius 1 is 1.03 bits per heavy atom. The van der Waals surface area contributed by atoms with Gasteiger partial charge in [0.05, 0.1) is 19.8 Å². The number of hydrogen-bond donors (Lipinski definition) is 2. The van der Waals surface area contributed by atoms with Gasteiger partial charge < -0.3 is 19.9 Å². The summed E-state index contributed by atoms with van der Waals surface area (Å²) in [5, 5.41) is 13.2. The molecule has 3 aromatic rings. The number of thiophene rings is 1. The van der Waals surface area contributed by atoms with E-state index in [1.165, 1.54) is 12.5 Å². The molecule has 1 heterocycles. The molecule has 0 bridgehead atoms. The monoisotopic (exact) mass is 437 g/mol. The maximum atomic E-state index is 14.2. The number of halogens is 3. The van der Waals surface area contributed by atoms with Crippen LogP contribution in [0.3, 0.4) is 0 Å². The minimum atomic E-state index is -1.66. The number of carbonyl (C=O) groups excluding carboxylic acids is 1. The Balaban J connectivity index is 1.98. The highest BCUT2D eigenvalue weighted by Crippen LogP contribution is 2.37. The molecule has 0 saturated carbocycles. The van der Waals surface area contributed by atoms with E-state index in [-0.39, 0.29) is 10.6 Å². The van der Waals surface area contributed by atoms with E-state index in [9.17, 15) is 27.9 Å². The third-order valence-electron chi connectivity index (χ3n) is 4.20. The summed E-state index contributed by atoms with van der Waals surface area (Å²) in [4.78, 5) is 24.2. The predicted molar refractivity (Wildman–Crippen MR) is 104 cm³/mol. The van der Waals surface area contributed by atoms with Crippen LogP contribution in [0, 0.1) is 17.5 Å². The summed E-state index contributed by atoms with van der Waals surface area (Å²) in [5.74, 6) is -7.50. The van der Waals surface area contributed by atoms with Crippen molar-refractivity contribution in [1.82, 2.24) is 0 Å². The number of amides is 1. The molecule has 3 rings (SSSR count). The number of carbonyl (C=O) groups is 2. The van der Waals surface area contributed by atoms with Crippen molar-refractivity contribution in [2.24, 2.45) is 0 Å². The van der Waals surface area contributed by atoms with E-state index in [4.69, 9.17) is 4.74 Å². The first-order valence-electron chi connectivity index (χ1n) is 8.30. The zero-order valence-electron chi connectivity index (χ0n) is 15.6. The molecule has 156 valence electrons. The maximum absolute atomic E-state index is 14.2. The smallest absolute Gasteiger partial charge is 0.339 e. The van der Waals surface area contributed by atoms with Crippen molar-refractivity contribution in [3.05, 3.63) is 64.3 Å². The van der Waals surface area contributed by atoms with E-state index in [2.05, 4.69) is 10.1 Å². The average molecular weight is 437 g/mol. The van der Waals surface area contributed by atoms with Crippen LogP contribution < -0.4 is 14.8 Å². The van der Waals surface area contributed by atoms with Crippen molar-refractivity contribution in [2.45, 2.75) is 0 Å². The minimum Gasteiger partial charge on any atom is -0.497 e. The fourth-order valence-corrected chi connectivity index (χ4v) is 3.70. The van der Waals surface area contributed by atoms with Gasteiger partial charge in [0.25, 0.3) is 5.91 Å². The lowest BCUT2D eigenvalue weighted by Crippen LogP contribution is -2.17. The van der Waals surface area contributed by atoms with Crippen LogP contribution in [-0.4, -0.2) is 31.2 Å². The van der Waals surface area contributed by atoms with E-state index in [1.54, 1.807) is 24.3 Å². The molecule has 0 unspecified atom stereocenters. The van der Waals surface area contributed by atoms with Gasteiger partial charge in [-0.05, 0) is 23.8 Å². The zero-order valence-corrected chi connectivity index (χ0v) is 16.4. The largest absolute Gasteiger partial charge is 0.497 e. The molecule has 1 amide bonds. The molecule has 30 heavy (non-hydrogen) atoms. The van der Waals surface area contributed by atoms with Gasteiger partial charge in [0.15, 0.2) is 17.4 Å². The Labute approximate surface area is 172 Å². The molecule has 0 aliphatic heterocycles. The van der Waals surface area contributed by atoms with Gasteiger partial charge in [-0.1, -0.05) is 12.1 Å². The summed E-state index contributed by atoms with van der Waals surface area (Å²) in [6.45, 7) is 0. The minimum absolute atomic E-state index is 0.116. The van der Waals surface area contributed by atoms with Crippen LogP contribution in [0.1, 0.15) is 20.7 Å². The normalized spacial score (nSPS) is 10.6. The second kappa shape index (κ2) is 8.46. The second-order valence-electron chi connectivity index (χ2n) is 5.91. The molecule has 10 heteroatoms. The SMILES string of the molecule is COc1ccc(-c2csc(NC(=O)c3cc(F)c(OC)c(F)c3F)c2C(=O)O)cc1. The number of methoxy groups -OCH3 is 2. The number of rotatable bonds is 6. The number of ether oxygens (including phenoxy) is 2. The first-order chi connectivity index (χ1) is 14.3. The highest BCUT2D eigenvalue weighted by atomic mass is 32.1. The van der Waals surface area contributed by atoms with Gasteiger partial charge in [0.2, 0.25) is 5.82 Å². The van der Waals surface area contributed by atoms with Gasteiger partial charge in [0, 0.05) is 10.9 Å². The highest BCUT2D eigenvalue weighted by Gasteiger charge is 2.26. The van der Waals surface area contributed by atoms with E-state index in [1.807, 2.05) is 0 Å². The Morgan fingerprint density at radius 3 is 2.27 bits per heavy atom. The molecule has 1 aromatic heterocycles. The predicted octanol–water partition coefficient (Wildman–Crippen LogP) is 4.80. The lowest BCUT2D eigenvalue weighted by atomic mass is 10.0. The van der Waals surface area contributed by atoms with Crippen molar-refractivity contribution < 1.29 is 37.3 Å². The number of carboxylic acids is 1. The Kier molecular flexibility index (Phi) is 5.97. The number of benzene rings is 2. The Bertz CT molecular complexity index is 1130. The summed E-state index contributed by atoms with van der Waals surface area (Å²) in [6.07, 6.45) is 0. The second-order valence-corrected chi connectivity index (χ2v) is 6.79. The molecule has 2 aromatic carbocycles. The van der Waals surface area contributed by atoms with Crippen molar-refractivity contribution in [2.75, 3.05) is 19.5 Å². The molecule has 0 atom stereocenters. The third kappa shape index (κ3) is 3.81. The van der Waals surface area contributed by atoms with Gasteiger partial charge in [0.1, 0.15) is 16.3 Å². The quantitative estimate of drug-likeness (QED) is 0.541. The Hall–Kier alpha value is -3.53. The Morgan fingerprint density at radius 2 is 1.70 bits per heavy atom. The summed E-state index contributed by atoms with van der Waals surface area (Å²) >= 11 is 0.876. The number of anilines is 1. The third-order valence-corrected chi connectivity index (χ3v) is 5.09. The van der Waals surface area contributed by atoms with Crippen molar-refractivity contribution in [3.63, 3.8) is 0 Å². The van der Waals surface area contributed by atoms with Crippen LogP contribution in [0.2, 0.25) is 0 Å². The van der Waals surface area contributed by atoms with Crippen LogP contribution in [-0.2, 0) is 0 Å². The molecule has 0 radical (unpaired) electrons. The molecular weight excluding hydrogens is 423 g/mol. The van der Waals surface area contributed by atoms with Crippen LogP contribution in [0.5, 0.6) is 11.5 Å². The van der Waals surface area contributed by atoms with E-state index >= 15 is 0 Å². The molecule has 0 fully saturated rings. The van der Waals surface area contributed by atoms with E-state index in [0.717, 1.165) is 18.4 Å². The maximum Gasteiger partial charge on any atom is 0.339 e. The van der Waals surface area contributed by atoms with Crippen molar-refractivity contribution in [3.8, 4) is 22.6 Å². The fraction of sp³-hybridized carbons (Fsp3) is 0.100. The van der Waals surface area contributed by atoms with Gasteiger partial charge in [-0.2, -0.15) is 4.39 Å². The van der Waals surface area contributed by atoms with Crippen LogP contribution in [0.15, 0.2) is 35.7 Å². The first-order valence-corrected chi connectivity index (χ1v) is 9.18. The lowest BCUT2D eigenvalue weighted by molar-refractivity contribution is 0.0699. The van der Waals surface area contributed by atoms with Gasteiger partial charge in [-0.15, -0.1) is 11.3 Å². The van der Waals surface area contributed by atoms with Crippen molar-refractivity contribution in [1.29, 1.82) is 0 Å². The van der Waals surface area contributed by atoms with Gasteiger partial charge >= 0.3 is 5.97 Å².